The number of halogens is 1. The molecule has 8 heteroatoms. The SMILES string of the molecule is CCCN(C1CCNCC1)S(=O)(=O)c1ccc(Cl)cc1C(=O)OC. The van der Waals surface area contributed by atoms with Crippen molar-refractivity contribution in [3.8, 4) is 0 Å². The Kier molecular flexibility index (Phi) is 6.62. The van der Waals surface area contributed by atoms with Gasteiger partial charge in [-0.05, 0) is 50.6 Å². The molecule has 0 unspecified atom stereocenters. The van der Waals surface area contributed by atoms with Gasteiger partial charge in [0.25, 0.3) is 0 Å². The van der Waals surface area contributed by atoms with Crippen LogP contribution in [-0.2, 0) is 14.8 Å². The number of carbonyl (C=O) groups excluding carboxylic acids is 1. The number of hydrogen-bond acceptors (Lipinski definition) is 5. The van der Waals surface area contributed by atoms with E-state index in [4.69, 9.17) is 16.3 Å². The molecule has 1 fully saturated rings. The van der Waals surface area contributed by atoms with E-state index in [1.54, 1.807) is 0 Å². The highest BCUT2D eigenvalue weighted by Crippen LogP contribution is 2.28. The molecule has 1 aromatic carbocycles. The van der Waals surface area contributed by atoms with Crippen molar-refractivity contribution < 1.29 is 17.9 Å². The Morgan fingerprint density at radius 2 is 2.04 bits per heavy atom. The predicted octanol–water partition coefficient (Wildman–Crippen LogP) is 2.28. The molecule has 0 radical (unpaired) electrons. The van der Waals surface area contributed by atoms with Crippen molar-refractivity contribution >= 4 is 27.6 Å². The normalized spacial score (nSPS) is 16.3. The maximum Gasteiger partial charge on any atom is 0.339 e. The zero-order valence-corrected chi connectivity index (χ0v) is 15.5. The highest BCUT2D eigenvalue weighted by molar-refractivity contribution is 7.89. The van der Waals surface area contributed by atoms with E-state index >= 15 is 0 Å². The van der Waals surface area contributed by atoms with Gasteiger partial charge in [-0.1, -0.05) is 18.5 Å². The van der Waals surface area contributed by atoms with Gasteiger partial charge >= 0.3 is 5.97 Å². The number of benzene rings is 1. The first-order chi connectivity index (χ1) is 11.4. The Morgan fingerprint density at radius 1 is 1.38 bits per heavy atom. The number of rotatable bonds is 6. The molecule has 0 aromatic heterocycles. The lowest BCUT2D eigenvalue weighted by atomic mass is 10.1. The summed E-state index contributed by atoms with van der Waals surface area (Å²) in [5, 5.41) is 3.53. The number of sulfonamides is 1. The molecule has 1 heterocycles. The third-order valence-corrected chi connectivity index (χ3v) is 6.34. The summed E-state index contributed by atoms with van der Waals surface area (Å²) in [7, 11) is -2.60. The van der Waals surface area contributed by atoms with Crippen molar-refractivity contribution in [3.05, 3.63) is 28.8 Å². The number of nitrogens with one attached hydrogen (secondary N) is 1. The molecule has 24 heavy (non-hydrogen) atoms. The number of carbonyl (C=O) groups is 1. The topological polar surface area (TPSA) is 75.7 Å². The summed E-state index contributed by atoms with van der Waals surface area (Å²) in [5.74, 6) is -0.710. The second-order valence-electron chi connectivity index (χ2n) is 5.73. The number of esters is 1. The standard InChI is InChI=1S/C16H23ClN2O4S/c1-3-10-19(13-6-8-18-9-7-13)24(21,22)15-5-4-12(17)11-14(15)16(20)23-2/h4-5,11,13,18H,3,6-10H2,1-2H3. The highest BCUT2D eigenvalue weighted by atomic mass is 35.5. The summed E-state index contributed by atoms with van der Waals surface area (Å²) in [4.78, 5) is 12.0. The Bertz CT molecular complexity index is 687. The van der Waals surface area contributed by atoms with E-state index in [0.717, 1.165) is 25.9 Å². The lowest BCUT2D eigenvalue weighted by molar-refractivity contribution is 0.0596. The first-order valence-corrected chi connectivity index (χ1v) is 9.84. The minimum Gasteiger partial charge on any atom is -0.465 e. The van der Waals surface area contributed by atoms with Crippen molar-refractivity contribution in [2.45, 2.75) is 37.1 Å². The van der Waals surface area contributed by atoms with Crippen LogP contribution in [0.1, 0.15) is 36.5 Å². The van der Waals surface area contributed by atoms with Gasteiger partial charge in [0.05, 0.1) is 17.6 Å². The van der Waals surface area contributed by atoms with E-state index in [0.29, 0.717) is 18.0 Å². The quantitative estimate of drug-likeness (QED) is 0.773. The molecule has 1 saturated heterocycles. The predicted molar refractivity (Wildman–Crippen MR) is 92.9 cm³/mol. The number of methoxy groups -OCH3 is 1. The first kappa shape index (κ1) is 19.2. The fraction of sp³-hybridized carbons (Fsp3) is 0.562. The smallest absolute Gasteiger partial charge is 0.339 e. The summed E-state index contributed by atoms with van der Waals surface area (Å²) in [5.41, 5.74) is -0.0277. The molecular formula is C16H23ClN2O4S. The van der Waals surface area contributed by atoms with Crippen LogP contribution in [0.5, 0.6) is 0 Å². The number of piperidine rings is 1. The maximum absolute atomic E-state index is 13.2. The molecule has 1 aliphatic heterocycles. The summed E-state index contributed by atoms with van der Waals surface area (Å²) in [6.07, 6.45) is 2.20. The fourth-order valence-electron chi connectivity index (χ4n) is 2.94. The van der Waals surface area contributed by atoms with Crippen molar-refractivity contribution in [1.82, 2.24) is 9.62 Å². The average molecular weight is 375 g/mol. The van der Waals surface area contributed by atoms with Crippen molar-refractivity contribution in [2.24, 2.45) is 0 Å². The molecule has 2 rings (SSSR count). The Balaban J connectivity index is 2.48. The van der Waals surface area contributed by atoms with Crippen LogP contribution in [0.15, 0.2) is 23.1 Å². The van der Waals surface area contributed by atoms with E-state index in [2.05, 4.69) is 5.32 Å². The Morgan fingerprint density at radius 3 is 2.62 bits per heavy atom. The Hall–Kier alpha value is -1.15. The molecule has 1 aromatic rings. The maximum atomic E-state index is 13.2. The molecule has 0 amide bonds. The van der Waals surface area contributed by atoms with Gasteiger partial charge < -0.3 is 10.1 Å². The van der Waals surface area contributed by atoms with Gasteiger partial charge in [0.2, 0.25) is 10.0 Å². The minimum absolute atomic E-state index is 0.0277. The van der Waals surface area contributed by atoms with Crippen molar-refractivity contribution in [2.75, 3.05) is 26.7 Å². The molecule has 0 atom stereocenters. The second-order valence-corrected chi connectivity index (χ2v) is 8.02. The van der Waals surface area contributed by atoms with Gasteiger partial charge in [-0.25, -0.2) is 13.2 Å². The van der Waals surface area contributed by atoms with Crippen LogP contribution in [0.4, 0.5) is 0 Å². The number of nitrogens with zero attached hydrogens (tertiary/aromatic N) is 1. The molecule has 1 N–H and O–H groups in total. The van der Waals surface area contributed by atoms with Gasteiger partial charge in [0.1, 0.15) is 0 Å². The zero-order chi connectivity index (χ0) is 17.7. The van der Waals surface area contributed by atoms with Gasteiger partial charge in [-0.2, -0.15) is 4.31 Å². The van der Waals surface area contributed by atoms with Crippen LogP contribution in [0.25, 0.3) is 0 Å². The minimum atomic E-state index is -3.82. The summed E-state index contributed by atoms with van der Waals surface area (Å²) < 4.78 is 32.7. The van der Waals surface area contributed by atoms with Crippen LogP contribution >= 0.6 is 11.6 Å². The Labute approximate surface area is 148 Å². The lowest BCUT2D eigenvalue weighted by Gasteiger charge is -2.33. The molecule has 0 spiro atoms. The van der Waals surface area contributed by atoms with E-state index in [1.165, 1.54) is 29.6 Å². The second kappa shape index (κ2) is 8.29. The highest BCUT2D eigenvalue weighted by Gasteiger charge is 2.34. The molecular weight excluding hydrogens is 352 g/mol. The van der Waals surface area contributed by atoms with Crippen molar-refractivity contribution in [1.29, 1.82) is 0 Å². The van der Waals surface area contributed by atoms with E-state index in [1.807, 2.05) is 6.92 Å². The van der Waals surface area contributed by atoms with Gasteiger partial charge in [0, 0.05) is 17.6 Å². The first-order valence-electron chi connectivity index (χ1n) is 8.02. The van der Waals surface area contributed by atoms with E-state index < -0.39 is 16.0 Å². The number of hydrogen-bond donors (Lipinski definition) is 1. The fourth-order valence-corrected chi connectivity index (χ4v) is 5.05. The third-order valence-electron chi connectivity index (χ3n) is 4.09. The summed E-state index contributed by atoms with van der Waals surface area (Å²) >= 11 is 5.93. The molecule has 0 aliphatic carbocycles. The molecule has 0 saturated carbocycles. The third kappa shape index (κ3) is 4.08. The van der Waals surface area contributed by atoms with E-state index in [-0.39, 0.29) is 16.5 Å². The van der Waals surface area contributed by atoms with Crippen LogP contribution in [0.3, 0.4) is 0 Å². The average Bonchev–Trinajstić information content (AvgIpc) is 2.59. The van der Waals surface area contributed by atoms with Gasteiger partial charge in [-0.3, -0.25) is 0 Å². The van der Waals surface area contributed by atoms with Crippen LogP contribution in [0.2, 0.25) is 5.02 Å². The summed E-state index contributed by atoms with van der Waals surface area (Å²) in [6.45, 7) is 3.92. The monoisotopic (exact) mass is 374 g/mol. The van der Waals surface area contributed by atoms with Crippen LogP contribution < -0.4 is 5.32 Å². The zero-order valence-electron chi connectivity index (χ0n) is 13.9. The van der Waals surface area contributed by atoms with Crippen molar-refractivity contribution in [3.63, 3.8) is 0 Å². The van der Waals surface area contributed by atoms with Crippen LogP contribution in [-0.4, -0.2) is 51.5 Å². The largest absolute Gasteiger partial charge is 0.465 e. The van der Waals surface area contributed by atoms with Gasteiger partial charge in [0.15, 0.2) is 0 Å². The molecule has 0 bridgehead atoms. The lowest BCUT2D eigenvalue weighted by Crippen LogP contribution is -2.46. The van der Waals surface area contributed by atoms with Gasteiger partial charge in [-0.15, -0.1) is 0 Å². The molecule has 1 aliphatic rings. The molecule has 134 valence electrons. The van der Waals surface area contributed by atoms with E-state index in [9.17, 15) is 13.2 Å². The summed E-state index contributed by atoms with van der Waals surface area (Å²) in [6, 6.07) is 4.13. The van der Waals surface area contributed by atoms with Crippen LogP contribution in [0, 0.1) is 0 Å². The molecule has 6 nitrogen and oxygen atoms in total. The number of ether oxygens (including phenoxy) is 1.